The summed E-state index contributed by atoms with van der Waals surface area (Å²) < 4.78 is 31.5. The van der Waals surface area contributed by atoms with E-state index in [0.717, 1.165) is 9.87 Å². The number of hydrogen-bond donors (Lipinski definition) is 1. The van der Waals surface area contributed by atoms with Crippen LogP contribution in [-0.4, -0.2) is 61.1 Å². The molecule has 1 atom stereocenters. The van der Waals surface area contributed by atoms with Gasteiger partial charge in [0.15, 0.2) is 0 Å². The van der Waals surface area contributed by atoms with Gasteiger partial charge in [0.1, 0.15) is 16.7 Å². The van der Waals surface area contributed by atoms with Gasteiger partial charge in [0.2, 0.25) is 11.8 Å². The highest BCUT2D eigenvalue weighted by molar-refractivity contribution is 7.90. The Bertz CT molecular complexity index is 1180. The van der Waals surface area contributed by atoms with Gasteiger partial charge in [0.25, 0.3) is 15.9 Å². The fourth-order valence-corrected chi connectivity index (χ4v) is 5.28. The van der Waals surface area contributed by atoms with E-state index in [1.54, 1.807) is 50.4 Å². The molecule has 1 aliphatic rings. The zero-order chi connectivity index (χ0) is 25.0. The molecule has 1 heterocycles. The van der Waals surface area contributed by atoms with Crippen LogP contribution in [0, 0.1) is 0 Å². The Hall–Kier alpha value is -3.40. The Morgan fingerprint density at radius 2 is 1.71 bits per heavy atom. The van der Waals surface area contributed by atoms with Gasteiger partial charge < -0.3 is 15.0 Å². The number of sulfonamides is 1. The van der Waals surface area contributed by atoms with Crippen LogP contribution in [0.1, 0.15) is 43.1 Å². The fraction of sp³-hybridized carbons (Fsp3) is 0.375. The average molecular weight is 488 g/mol. The fourth-order valence-electron chi connectivity index (χ4n) is 3.71. The van der Waals surface area contributed by atoms with Crippen molar-refractivity contribution < 1.29 is 27.5 Å². The number of fused-ring (bicyclic) bond motifs is 1. The highest BCUT2D eigenvalue weighted by atomic mass is 32.2. The van der Waals surface area contributed by atoms with Gasteiger partial charge in [-0.2, -0.15) is 0 Å². The van der Waals surface area contributed by atoms with E-state index < -0.39 is 27.9 Å². The smallest absolute Gasteiger partial charge is 0.269 e. The Labute approximate surface area is 199 Å². The molecule has 0 bridgehead atoms. The number of ether oxygens (including phenoxy) is 1. The topological polar surface area (TPSA) is 113 Å². The van der Waals surface area contributed by atoms with Gasteiger partial charge in [-0.3, -0.25) is 14.4 Å². The summed E-state index contributed by atoms with van der Waals surface area (Å²) in [4.78, 5) is 39.9. The third-order valence-electron chi connectivity index (χ3n) is 5.55. The molecule has 1 aliphatic heterocycles. The lowest BCUT2D eigenvalue weighted by molar-refractivity contribution is -0.140. The second-order valence-corrected chi connectivity index (χ2v) is 10.2. The molecule has 3 amide bonds. The molecule has 0 radical (unpaired) electrons. The SMILES string of the molecule is COc1ccc(CN(C(=O)CCN2C(=O)c3ccccc3S2(=O)=O)[C@@H](C)C(=O)NC(C)C)cc1. The number of nitrogens with one attached hydrogen (secondary N) is 1. The second kappa shape index (κ2) is 10.3. The van der Waals surface area contributed by atoms with E-state index in [0.29, 0.717) is 5.75 Å². The summed E-state index contributed by atoms with van der Waals surface area (Å²) in [6.45, 7) is 5.08. The Morgan fingerprint density at radius 1 is 1.06 bits per heavy atom. The predicted octanol–water partition coefficient (Wildman–Crippen LogP) is 2.17. The van der Waals surface area contributed by atoms with Gasteiger partial charge in [0.05, 0.1) is 12.7 Å². The van der Waals surface area contributed by atoms with E-state index >= 15 is 0 Å². The van der Waals surface area contributed by atoms with Crippen molar-refractivity contribution in [2.45, 2.75) is 50.7 Å². The molecule has 0 spiro atoms. The van der Waals surface area contributed by atoms with Crippen LogP contribution in [0.2, 0.25) is 0 Å². The van der Waals surface area contributed by atoms with Gasteiger partial charge in [-0.25, -0.2) is 12.7 Å². The zero-order valence-corrected chi connectivity index (χ0v) is 20.5. The summed E-state index contributed by atoms with van der Waals surface area (Å²) in [6, 6.07) is 12.1. The molecule has 0 aliphatic carbocycles. The second-order valence-electron chi connectivity index (χ2n) is 8.34. The molecule has 2 aromatic carbocycles. The number of rotatable bonds is 9. The highest BCUT2D eigenvalue weighted by Gasteiger charge is 2.41. The summed E-state index contributed by atoms with van der Waals surface area (Å²) in [5.74, 6) is -0.768. The molecule has 1 N–H and O–H groups in total. The van der Waals surface area contributed by atoms with E-state index in [9.17, 15) is 22.8 Å². The van der Waals surface area contributed by atoms with Crippen LogP contribution in [0.4, 0.5) is 0 Å². The molecule has 10 heteroatoms. The average Bonchev–Trinajstić information content (AvgIpc) is 3.00. The number of carbonyl (C=O) groups is 3. The first kappa shape index (κ1) is 25.2. The predicted molar refractivity (Wildman–Crippen MR) is 126 cm³/mol. The standard InChI is InChI=1S/C24H29N3O6S/c1-16(2)25-23(29)17(3)26(15-18-9-11-19(33-4)12-10-18)22(28)13-14-27-24(30)20-7-5-6-8-21(20)34(27,31)32/h5-12,16-17H,13-15H2,1-4H3,(H,25,29)/t17-/m0/s1. The maximum Gasteiger partial charge on any atom is 0.269 e. The first-order valence-electron chi connectivity index (χ1n) is 10.9. The van der Waals surface area contributed by atoms with Crippen molar-refractivity contribution in [1.29, 1.82) is 0 Å². The largest absolute Gasteiger partial charge is 0.497 e. The van der Waals surface area contributed by atoms with Crippen molar-refractivity contribution in [2.75, 3.05) is 13.7 Å². The van der Waals surface area contributed by atoms with Crippen LogP contribution in [0.5, 0.6) is 5.75 Å². The van der Waals surface area contributed by atoms with Crippen molar-refractivity contribution >= 4 is 27.7 Å². The molecule has 0 saturated heterocycles. The quantitative estimate of drug-likeness (QED) is 0.580. The van der Waals surface area contributed by atoms with E-state index in [1.807, 2.05) is 13.8 Å². The minimum atomic E-state index is -4.02. The first-order valence-corrected chi connectivity index (χ1v) is 12.4. The number of amides is 3. The van der Waals surface area contributed by atoms with Gasteiger partial charge >= 0.3 is 0 Å². The Morgan fingerprint density at radius 3 is 2.29 bits per heavy atom. The monoisotopic (exact) mass is 487 g/mol. The minimum absolute atomic E-state index is 0.0628. The molecule has 9 nitrogen and oxygen atoms in total. The lowest BCUT2D eigenvalue weighted by Gasteiger charge is -2.30. The van der Waals surface area contributed by atoms with Crippen LogP contribution >= 0.6 is 0 Å². The van der Waals surface area contributed by atoms with Gasteiger partial charge in [-0.15, -0.1) is 0 Å². The molecular weight excluding hydrogens is 458 g/mol. The van der Waals surface area contributed by atoms with E-state index in [-0.39, 0.29) is 41.9 Å². The maximum atomic E-state index is 13.2. The summed E-state index contributed by atoms with van der Waals surface area (Å²) in [7, 11) is -2.47. The third kappa shape index (κ3) is 5.22. The Kier molecular flexibility index (Phi) is 7.61. The van der Waals surface area contributed by atoms with Crippen molar-refractivity contribution in [2.24, 2.45) is 0 Å². The molecule has 182 valence electrons. The number of hydrogen-bond acceptors (Lipinski definition) is 6. The van der Waals surface area contributed by atoms with Crippen molar-refractivity contribution in [3.05, 3.63) is 59.7 Å². The molecule has 2 aromatic rings. The summed E-state index contributed by atoms with van der Waals surface area (Å²) in [6.07, 6.45) is -0.256. The number of benzene rings is 2. The lowest BCUT2D eigenvalue weighted by atomic mass is 10.1. The lowest BCUT2D eigenvalue weighted by Crippen LogP contribution is -2.49. The van der Waals surface area contributed by atoms with E-state index in [2.05, 4.69) is 5.32 Å². The van der Waals surface area contributed by atoms with Gasteiger partial charge in [-0.05, 0) is 50.6 Å². The number of carbonyl (C=O) groups excluding carboxylic acids is 3. The normalized spacial score (nSPS) is 15.1. The molecule has 34 heavy (non-hydrogen) atoms. The zero-order valence-electron chi connectivity index (χ0n) is 19.6. The summed E-state index contributed by atoms with van der Waals surface area (Å²) in [5, 5.41) is 2.80. The molecule has 3 rings (SSSR count). The van der Waals surface area contributed by atoms with Gasteiger partial charge in [-0.1, -0.05) is 24.3 Å². The first-order chi connectivity index (χ1) is 16.1. The highest BCUT2D eigenvalue weighted by Crippen LogP contribution is 2.30. The van der Waals surface area contributed by atoms with Gasteiger partial charge in [0, 0.05) is 25.6 Å². The Balaban J connectivity index is 1.79. The van der Waals surface area contributed by atoms with Crippen LogP contribution in [0.3, 0.4) is 0 Å². The molecule has 0 fully saturated rings. The van der Waals surface area contributed by atoms with Crippen LogP contribution in [0.25, 0.3) is 0 Å². The van der Waals surface area contributed by atoms with E-state index in [1.165, 1.54) is 17.0 Å². The minimum Gasteiger partial charge on any atom is -0.497 e. The van der Waals surface area contributed by atoms with Crippen LogP contribution in [-0.2, 0) is 26.2 Å². The van der Waals surface area contributed by atoms with Crippen molar-refractivity contribution in [1.82, 2.24) is 14.5 Å². The molecule has 0 unspecified atom stereocenters. The molecule has 0 saturated carbocycles. The molecule has 0 aromatic heterocycles. The number of nitrogens with zero attached hydrogens (tertiary/aromatic N) is 2. The van der Waals surface area contributed by atoms with Crippen LogP contribution < -0.4 is 10.1 Å². The van der Waals surface area contributed by atoms with Crippen molar-refractivity contribution in [3.63, 3.8) is 0 Å². The third-order valence-corrected chi connectivity index (χ3v) is 7.39. The molecular formula is C24H29N3O6S. The van der Waals surface area contributed by atoms with E-state index in [4.69, 9.17) is 4.74 Å². The summed E-state index contributed by atoms with van der Waals surface area (Å²) in [5.41, 5.74) is 0.866. The van der Waals surface area contributed by atoms with Crippen molar-refractivity contribution in [3.8, 4) is 5.75 Å². The van der Waals surface area contributed by atoms with Crippen LogP contribution in [0.15, 0.2) is 53.4 Å². The number of methoxy groups -OCH3 is 1. The maximum absolute atomic E-state index is 13.2. The summed E-state index contributed by atoms with van der Waals surface area (Å²) >= 11 is 0.